The summed E-state index contributed by atoms with van der Waals surface area (Å²) in [6, 6.07) is 10.2. The monoisotopic (exact) mass is 244 g/mol. The van der Waals surface area contributed by atoms with Crippen molar-refractivity contribution in [3.8, 4) is 5.75 Å². The molecule has 0 aliphatic heterocycles. The van der Waals surface area contributed by atoms with Gasteiger partial charge in [-0.05, 0) is 29.2 Å². The standard InChI is InChI=1S/C15H20N2O/c1-15(2,3)13-6-4-7-14(12-13)18-11-10-17-9-5-8-16-17/h4-9,12H,10-11H2,1-3H3. The van der Waals surface area contributed by atoms with Crippen LogP contribution < -0.4 is 4.74 Å². The number of hydrogen-bond donors (Lipinski definition) is 0. The van der Waals surface area contributed by atoms with E-state index in [1.165, 1.54) is 5.56 Å². The Labute approximate surface area is 108 Å². The van der Waals surface area contributed by atoms with E-state index in [1.807, 2.05) is 29.1 Å². The molecule has 0 unspecified atom stereocenters. The molecule has 18 heavy (non-hydrogen) atoms. The largest absolute Gasteiger partial charge is 0.492 e. The van der Waals surface area contributed by atoms with Gasteiger partial charge in [-0.1, -0.05) is 32.9 Å². The second kappa shape index (κ2) is 5.25. The molecule has 0 amide bonds. The smallest absolute Gasteiger partial charge is 0.119 e. The summed E-state index contributed by atoms with van der Waals surface area (Å²) in [6.07, 6.45) is 3.72. The fourth-order valence-electron chi connectivity index (χ4n) is 1.74. The molecule has 0 aliphatic rings. The Morgan fingerprint density at radius 2 is 2.06 bits per heavy atom. The molecule has 2 aromatic rings. The van der Waals surface area contributed by atoms with Gasteiger partial charge >= 0.3 is 0 Å². The molecule has 1 aromatic heterocycles. The molecule has 0 spiro atoms. The molecule has 0 aliphatic carbocycles. The first-order valence-corrected chi connectivity index (χ1v) is 6.26. The molecule has 0 fully saturated rings. The van der Waals surface area contributed by atoms with Crippen LogP contribution in [-0.2, 0) is 12.0 Å². The van der Waals surface area contributed by atoms with Gasteiger partial charge in [0.1, 0.15) is 12.4 Å². The molecule has 0 radical (unpaired) electrons. The first-order valence-electron chi connectivity index (χ1n) is 6.26. The predicted molar refractivity (Wildman–Crippen MR) is 72.9 cm³/mol. The lowest BCUT2D eigenvalue weighted by Crippen LogP contribution is -2.12. The normalized spacial score (nSPS) is 11.5. The molecule has 2 rings (SSSR count). The Morgan fingerprint density at radius 1 is 1.22 bits per heavy atom. The molecule has 96 valence electrons. The van der Waals surface area contributed by atoms with E-state index in [9.17, 15) is 0 Å². The maximum atomic E-state index is 5.75. The zero-order chi connectivity index (χ0) is 13.0. The van der Waals surface area contributed by atoms with Crippen LogP contribution in [0.25, 0.3) is 0 Å². The summed E-state index contributed by atoms with van der Waals surface area (Å²) in [5.74, 6) is 0.926. The number of benzene rings is 1. The molecule has 1 aromatic carbocycles. The van der Waals surface area contributed by atoms with E-state index < -0.39 is 0 Å². The maximum Gasteiger partial charge on any atom is 0.119 e. The minimum Gasteiger partial charge on any atom is -0.492 e. The zero-order valence-electron chi connectivity index (χ0n) is 11.3. The van der Waals surface area contributed by atoms with Crippen molar-refractivity contribution in [3.05, 3.63) is 48.3 Å². The fraction of sp³-hybridized carbons (Fsp3) is 0.400. The van der Waals surface area contributed by atoms with Gasteiger partial charge in [-0.2, -0.15) is 5.10 Å². The summed E-state index contributed by atoms with van der Waals surface area (Å²) < 4.78 is 7.62. The molecular formula is C15H20N2O. The van der Waals surface area contributed by atoms with Crippen molar-refractivity contribution in [1.82, 2.24) is 9.78 Å². The SMILES string of the molecule is CC(C)(C)c1cccc(OCCn2cccn2)c1. The Hall–Kier alpha value is -1.77. The lowest BCUT2D eigenvalue weighted by atomic mass is 9.87. The molecule has 3 heteroatoms. The van der Waals surface area contributed by atoms with Crippen molar-refractivity contribution in [2.24, 2.45) is 0 Å². The van der Waals surface area contributed by atoms with Crippen molar-refractivity contribution in [3.63, 3.8) is 0 Å². The van der Waals surface area contributed by atoms with Gasteiger partial charge in [0.05, 0.1) is 6.54 Å². The van der Waals surface area contributed by atoms with Crippen LogP contribution in [0.5, 0.6) is 5.75 Å². The average Bonchev–Trinajstić information content (AvgIpc) is 2.81. The Balaban J connectivity index is 1.93. The third-order valence-corrected chi connectivity index (χ3v) is 2.85. The number of rotatable bonds is 4. The molecule has 1 heterocycles. The van der Waals surface area contributed by atoms with E-state index in [4.69, 9.17) is 4.74 Å². The molecule has 0 atom stereocenters. The number of aromatic nitrogens is 2. The van der Waals surface area contributed by atoms with E-state index >= 15 is 0 Å². The van der Waals surface area contributed by atoms with Gasteiger partial charge in [0.2, 0.25) is 0 Å². The van der Waals surface area contributed by atoms with Crippen molar-refractivity contribution in [2.75, 3.05) is 6.61 Å². The Bertz CT molecular complexity index is 483. The fourth-order valence-corrected chi connectivity index (χ4v) is 1.74. The topological polar surface area (TPSA) is 27.1 Å². The molecular weight excluding hydrogens is 224 g/mol. The van der Waals surface area contributed by atoms with Crippen LogP contribution in [-0.4, -0.2) is 16.4 Å². The Morgan fingerprint density at radius 3 is 2.72 bits per heavy atom. The van der Waals surface area contributed by atoms with Crippen molar-refractivity contribution in [1.29, 1.82) is 0 Å². The molecule has 0 bridgehead atoms. The van der Waals surface area contributed by atoms with Crippen LogP contribution in [0.1, 0.15) is 26.3 Å². The van der Waals surface area contributed by atoms with E-state index in [-0.39, 0.29) is 5.41 Å². The van der Waals surface area contributed by atoms with Gasteiger partial charge in [-0.3, -0.25) is 4.68 Å². The van der Waals surface area contributed by atoms with E-state index in [0.717, 1.165) is 12.3 Å². The van der Waals surface area contributed by atoms with Crippen LogP contribution >= 0.6 is 0 Å². The summed E-state index contributed by atoms with van der Waals surface area (Å²) in [7, 11) is 0. The first-order chi connectivity index (χ1) is 8.55. The van der Waals surface area contributed by atoms with Gasteiger partial charge in [-0.15, -0.1) is 0 Å². The predicted octanol–water partition coefficient (Wildman–Crippen LogP) is 3.26. The van der Waals surface area contributed by atoms with Crippen LogP contribution in [0.3, 0.4) is 0 Å². The van der Waals surface area contributed by atoms with Crippen LogP contribution in [0.4, 0.5) is 0 Å². The van der Waals surface area contributed by atoms with E-state index in [1.54, 1.807) is 6.20 Å². The lowest BCUT2D eigenvalue weighted by molar-refractivity contribution is 0.290. The molecule has 0 N–H and O–H groups in total. The van der Waals surface area contributed by atoms with Gasteiger partial charge in [-0.25, -0.2) is 0 Å². The zero-order valence-corrected chi connectivity index (χ0v) is 11.3. The second-order valence-corrected chi connectivity index (χ2v) is 5.40. The lowest BCUT2D eigenvalue weighted by Gasteiger charge is -2.19. The van der Waals surface area contributed by atoms with Crippen molar-refractivity contribution < 1.29 is 4.74 Å². The van der Waals surface area contributed by atoms with Crippen LogP contribution in [0, 0.1) is 0 Å². The van der Waals surface area contributed by atoms with Crippen molar-refractivity contribution in [2.45, 2.75) is 32.7 Å². The first kappa shape index (κ1) is 12.7. The maximum absolute atomic E-state index is 5.75. The highest BCUT2D eigenvalue weighted by atomic mass is 16.5. The average molecular weight is 244 g/mol. The summed E-state index contributed by atoms with van der Waals surface area (Å²) >= 11 is 0. The third-order valence-electron chi connectivity index (χ3n) is 2.85. The van der Waals surface area contributed by atoms with Crippen molar-refractivity contribution >= 4 is 0 Å². The quantitative estimate of drug-likeness (QED) is 0.825. The summed E-state index contributed by atoms with van der Waals surface area (Å²) in [4.78, 5) is 0. The summed E-state index contributed by atoms with van der Waals surface area (Å²) in [6.45, 7) is 8.02. The minimum atomic E-state index is 0.154. The van der Waals surface area contributed by atoms with Crippen LogP contribution in [0.15, 0.2) is 42.7 Å². The summed E-state index contributed by atoms with van der Waals surface area (Å²) in [5.41, 5.74) is 1.44. The summed E-state index contributed by atoms with van der Waals surface area (Å²) in [5, 5.41) is 4.14. The van der Waals surface area contributed by atoms with Gasteiger partial charge in [0.25, 0.3) is 0 Å². The Kier molecular flexibility index (Phi) is 3.70. The highest BCUT2D eigenvalue weighted by molar-refractivity contribution is 5.32. The highest BCUT2D eigenvalue weighted by Gasteiger charge is 2.13. The third kappa shape index (κ3) is 3.36. The highest BCUT2D eigenvalue weighted by Crippen LogP contribution is 2.25. The van der Waals surface area contributed by atoms with E-state index in [2.05, 4.69) is 38.0 Å². The molecule has 0 saturated heterocycles. The van der Waals surface area contributed by atoms with Gasteiger partial charge in [0, 0.05) is 12.4 Å². The van der Waals surface area contributed by atoms with Gasteiger partial charge in [0.15, 0.2) is 0 Å². The van der Waals surface area contributed by atoms with Gasteiger partial charge < -0.3 is 4.74 Å². The molecule has 0 saturated carbocycles. The van der Waals surface area contributed by atoms with E-state index in [0.29, 0.717) is 6.61 Å². The number of nitrogens with zero attached hydrogens (tertiary/aromatic N) is 2. The van der Waals surface area contributed by atoms with Crippen LogP contribution in [0.2, 0.25) is 0 Å². The number of hydrogen-bond acceptors (Lipinski definition) is 2. The minimum absolute atomic E-state index is 0.154. The molecule has 3 nitrogen and oxygen atoms in total. The second-order valence-electron chi connectivity index (χ2n) is 5.40. The number of ether oxygens (including phenoxy) is 1.